The van der Waals surface area contributed by atoms with E-state index in [4.69, 9.17) is 18.9 Å². The average Bonchev–Trinajstić information content (AvgIpc) is 2.72. The van der Waals surface area contributed by atoms with Gasteiger partial charge >= 0.3 is 12.4 Å². The average molecular weight is 485 g/mol. The van der Waals surface area contributed by atoms with Crippen molar-refractivity contribution in [1.82, 2.24) is 0 Å². The summed E-state index contributed by atoms with van der Waals surface area (Å²) in [6, 6.07) is 0.795. The lowest BCUT2D eigenvalue weighted by Gasteiger charge is -2.21. The highest BCUT2D eigenvalue weighted by Crippen LogP contribution is 2.37. The number of amides is 1. The van der Waals surface area contributed by atoms with Gasteiger partial charge in [0, 0.05) is 38.5 Å². The number of nitrogens with one attached hydrogen (secondary N) is 1. The molecular weight excluding hydrogens is 460 g/mol. The molecule has 1 aliphatic rings. The lowest BCUT2D eigenvalue weighted by atomic mass is 10.1. The number of anilines is 1. The summed E-state index contributed by atoms with van der Waals surface area (Å²) in [6.07, 6.45) is -9.99. The van der Waals surface area contributed by atoms with Gasteiger partial charge in [-0.25, -0.2) is 0 Å². The minimum Gasteiger partial charge on any atom is -0.495 e. The molecule has 1 fully saturated rings. The van der Waals surface area contributed by atoms with E-state index in [2.05, 4.69) is 11.9 Å². The summed E-state index contributed by atoms with van der Waals surface area (Å²) in [5.41, 5.74) is -3.79. The molecule has 1 heterocycles. The van der Waals surface area contributed by atoms with Crippen LogP contribution in [0.25, 0.3) is 0 Å². The molecule has 33 heavy (non-hydrogen) atoms. The maximum atomic E-state index is 13.1. The number of benzene rings is 1. The van der Waals surface area contributed by atoms with Gasteiger partial charge in [0.25, 0.3) is 5.91 Å². The third kappa shape index (κ3) is 9.22. The van der Waals surface area contributed by atoms with Crippen LogP contribution in [0.1, 0.15) is 30.4 Å². The van der Waals surface area contributed by atoms with Gasteiger partial charge in [0.05, 0.1) is 24.3 Å². The van der Waals surface area contributed by atoms with Crippen molar-refractivity contribution in [2.45, 2.75) is 37.7 Å². The Morgan fingerprint density at radius 1 is 0.818 bits per heavy atom. The quantitative estimate of drug-likeness (QED) is 0.610. The summed E-state index contributed by atoms with van der Waals surface area (Å²) in [5.74, 6) is -1.15. The molecular formula is C21H25F6NO5. The summed E-state index contributed by atoms with van der Waals surface area (Å²) < 4.78 is 100. The lowest BCUT2D eigenvalue weighted by molar-refractivity contribution is -0.143. The van der Waals surface area contributed by atoms with Crippen LogP contribution in [0.15, 0.2) is 30.5 Å². The van der Waals surface area contributed by atoms with Crippen molar-refractivity contribution in [1.29, 1.82) is 0 Å². The number of halogens is 6. The first kappa shape index (κ1) is 26.9. The van der Waals surface area contributed by atoms with E-state index in [0.29, 0.717) is 57.8 Å². The first-order valence-corrected chi connectivity index (χ1v) is 10.2. The Kier molecular flexibility index (Phi) is 9.99. The molecule has 0 aromatic heterocycles. The molecule has 1 amide bonds. The van der Waals surface area contributed by atoms with Crippen LogP contribution < -0.4 is 5.32 Å². The summed E-state index contributed by atoms with van der Waals surface area (Å²) in [7, 11) is 0. The molecule has 0 saturated carbocycles. The fourth-order valence-electron chi connectivity index (χ4n) is 2.82. The molecule has 1 atom stereocenters. The minimum absolute atomic E-state index is 0.0212. The van der Waals surface area contributed by atoms with Crippen LogP contribution in [0, 0.1) is 0 Å². The second-order valence-electron chi connectivity index (χ2n) is 7.13. The van der Waals surface area contributed by atoms with Crippen LogP contribution in [0.4, 0.5) is 32.0 Å². The normalized spacial score (nSPS) is 20.3. The van der Waals surface area contributed by atoms with E-state index >= 15 is 0 Å². The molecule has 1 aromatic rings. The highest BCUT2D eigenvalue weighted by Gasteiger charge is 2.37. The molecule has 1 N–H and O–H groups in total. The van der Waals surface area contributed by atoms with Crippen molar-refractivity contribution in [3.05, 3.63) is 41.7 Å². The van der Waals surface area contributed by atoms with Crippen molar-refractivity contribution in [2.24, 2.45) is 0 Å². The molecule has 0 spiro atoms. The van der Waals surface area contributed by atoms with Crippen LogP contribution in [0.5, 0.6) is 0 Å². The third-order valence-corrected chi connectivity index (χ3v) is 4.40. The van der Waals surface area contributed by atoms with E-state index in [1.165, 1.54) is 0 Å². The van der Waals surface area contributed by atoms with Crippen LogP contribution >= 0.6 is 0 Å². The molecule has 0 aliphatic carbocycles. The highest BCUT2D eigenvalue weighted by atomic mass is 19.4. The Balaban J connectivity index is 2.18. The number of hydrogen-bond acceptors (Lipinski definition) is 5. The monoisotopic (exact) mass is 485 g/mol. The van der Waals surface area contributed by atoms with Gasteiger partial charge in [-0.3, -0.25) is 4.79 Å². The largest absolute Gasteiger partial charge is 0.495 e. The standard InChI is InChI=1S/C21H25F6NO5/c1-14-18(33-10-4-8-31-6-2-5-30-7-3-9-32-14)19(29)28-17-12-15(20(22,23)24)11-16(13-17)21(25,26)27/h11-13,18H,1-10H2,(H,28,29). The Morgan fingerprint density at radius 3 is 1.82 bits per heavy atom. The SMILES string of the molecule is C=C1OCCCOCCCOCCCOC1C(=O)Nc1cc(C(F)(F)F)cc(C(F)(F)F)c1. The molecule has 1 aliphatic heterocycles. The van der Waals surface area contributed by atoms with Crippen molar-refractivity contribution in [2.75, 3.05) is 45.0 Å². The Hall–Kier alpha value is -2.31. The molecule has 0 bridgehead atoms. The van der Waals surface area contributed by atoms with Crippen molar-refractivity contribution >= 4 is 11.6 Å². The summed E-state index contributed by atoms with van der Waals surface area (Å²) >= 11 is 0. The van der Waals surface area contributed by atoms with E-state index < -0.39 is 41.2 Å². The Morgan fingerprint density at radius 2 is 1.30 bits per heavy atom. The van der Waals surface area contributed by atoms with Gasteiger partial charge in [0.1, 0.15) is 5.76 Å². The zero-order valence-electron chi connectivity index (χ0n) is 17.7. The third-order valence-electron chi connectivity index (χ3n) is 4.40. The van der Waals surface area contributed by atoms with Crippen LogP contribution in [0.3, 0.4) is 0 Å². The zero-order chi connectivity index (χ0) is 24.5. The number of carbonyl (C=O) groups excluding carboxylic acids is 1. The van der Waals surface area contributed by atoms with E-state index in [-0.39, 0.29) is 25.0 Å². The molecule has 6 nitrogen and oxygen atoms in total. The van der Waals surface area contributed by atoms with E-state index in [1.54, 1.807) is 0 Å². The predicted octanol–water partition coefficient (Wildman–Crippen LogP) is 4.80. The fourth-order valence-corrected chi connectivity index (χ4v) is 2.82. The topological polar surface area (TPSA) is 66.0 Å². The van der Waals surface area contributed by atoms with Gasteiger partial charge in [-0.1, -0.05) is 6.58 Å². The summed E-state index contributed by atoms with van der Waals surface area (Å²) in [4.78, 5) is 12.7. The van der Waals surface area contributed by atoms with E-state index in [0.717, 1.165) is 0 Å². The molecule has 2 rings (SSSR count). The van der Waals surface area contributed by atoms with Gasteiger partial charge in [-0.15, -0.1) is 0 Å². The number of rotatable bonds is 2. The Labute approximate surface area is 186 Å². The maximum absolute atomic E-state index is 13.1. The van der Waals surface area contributed by atoms with Gasteiger partial charge in [0.2, 0.25) is 0 Å². The van der Waals surface area contributed by atoms with Crippen molar-refractivity contribution in [3.63, 3.8) is 0 Å². The maximum Gasteiger partial charge on any atom is 0.416 e. The first-order valence-electron chi connectivity index (χ1n) is 10.2. The van der Waals surface area contributed by atoms with Crippen molar-refractivity contribution < 1.29 is 50.1 Å². The minimum atomic E-state index is -5.05. The van der Waals surface area contributed by atoms with Crippen LogP contribution in [-0.4, -0.2) is 51.7 Å². The molecule has 1 unspecified atom stereocenters. The zero-order valence-corrected chi connectivity index (χ0v) is 17.7. The molecule has 186 valence electrons. The number of hydrogen-bond donors (Lipinski definition) is 1. The van der Waals surface area contributed by atoms with E-state index in [9.17, 15) is 31.1 Å². The second kappa shape index (κ2) is 12.2. The molecule has 12 heteroatoms. The van der Waals surface area contributed by atoms with Crippen LogP contribution in [0.2, 0.25) is 0 Å². The van der Waals surface area contributed by atoms with Gasteiger partial charge < -0.3 is 24.3 Å². The smallest absolute Gasteiger partial charge is 0.416 e. The predicted molar refractivity (Wildman–Crippen MR) is 105 cm³/mol. The second-order valence-corrected chi connectivity index (χ2v) is 7.13. The van der Waals surface area contributed by atoms with Gasteiger partial charge in [-0.2, -0.15) is 26.3 Å². The molecule has 0 radical (unpaired) electrons. The Bertz CT molecular complexity index is 764. The fraction of sp³-hybridized carbons (Fsp3) is 0.571. The molecule has 1 aromatic carbocycles. The lowest BCUT2D eigenvalue weighted by Crippen LogP contribution is -2.33. The van der Waals surface area contributed by atoms with Gasteiger partial charge in [0.15, 0.2) is 6.10 Å². The van der Waals surface area contributed by atoms with E-state index in [1.807, 2.05) is 0 Å². The highest BCUT2D eigenvalue weighted by molar-refractivity contribution is 5.96. The van der Waals surface area contributed by atoms with Gasteiger partial charge in [-0.05, 0) is 31.0 Å². The number of carbonyl (C=O) groups is 1. The molecule has 1 saturated heterocycles. The van der Waals surface area contributed by atoms with Crippen molar-refractivity contribution in [3.8, 4) is 0 Å². The summed E-state index contributed by atoms with van der Waals surface area (Å²) in [6.45, 7) is 5.47. The first-order chi connectivity index (χ1) is 15.5. The number of ether oxygens (including phenoxy) is 4. The summed E-state index contributed by atoms with van der Waals surface area (Å²) in [5, 5.41) is 2.05. The van der Waals surface area contributed by atoms with Crippen LogP contribution in [-0.2, 0) is 36.1 Å². The number of alkyl halides is 6.